The maximum absolute atomic E-state index is 9.45. The molecule has 5 heteroatoms. The van der Waals surface area contributed by atoms with Crippen LogP contribution in [0.15, 0.2) is 0 Å². The maximum Gasteiger partial charge on any atom is 0.131 e. The van der Waals surface area contributed by atoms with E-state index in [-0.39, 0.29) is 6.61 Å². The van der Waals surface area contributed by atoms with Crippen molar-refractivity contribution in [2.45, 2.75) is 59.5 Å². The first-order chi connectivity index (χ1) is 10.1. The molecule has 1 heterocycles. The molecule has 1 rings (SSSR count). The molecule has 0 bridgehead atoms. The Hall–Kier alpha value is -1.07. The standard InChI is InChI=1S/C16H32N4O/c1-6-9-17-12-15-13(4)18-19(5)16(15)20(10-11-21)14(7-2)8-3/h14,17,21H,6-12H2,1-5H3. The lowest BCUT2D eigenvalue weighted by Gasteiger charge is -2.33. The van der Waals surface area contributed by atoms with E-state index in [2.05, 4.69) is 43.0 Å². The van der Waals surface area contributed by atoms with Gasteiger partial charge in [0.2, 0.25) is 0 Å². The average molecular weight is 296 g/mol. The molecule has 1 aromatic heterocycles. The highest BCUT2D eigenvalue weighted by molar-refractivity contribution is 5.51. The van der Waals surface area contributed by atoms with E-state index in [1.54, 1.807) is 0 Å². The second-order valence-corrected chi connectivity index (χ2v) is 5.58. The van der Waals surface area contributed by atoms with Gasteiger partial charge in [0.25, 0.3) is 0 Å². The van der Waals surface area contributed by atoms with E-state index in [0.29, 0.717) is 12.6 Å². The summed E-state index contributed by atoms with van der Waals surface area (Å²) >= 11 is 0. The summed E-state index contributed by atoms with van der Waals surface area (Å²) in [5.41, 5.74) is 2.33. The van der Waals surface area contributed by atoms with E-state index in [4.69, 9.17) is 0 Å². The Balaban J connectivity index is 3.10. The zero-order valence-corrected chi connectivity index (χ0v) is 14.3. The fourth-order valence-electron chi connectivity index (χ4n) is 2.94. The van der Waals surface area contributed by atoms with Crippen LogP contribution in [-0.2, 0) is 13.6 Å². The van der Waals surface area contributed by atoms with Crippen LogP contribution in [0.2, 0.25) is 0 Å². The van der Waals surface area contributed by atoms with Crippen molar-refractivity contribution >= 4 is 5.82 Å². The molecule has 0 atom stereocenters. The third-order valence-electron chi connectivity index (χ3n) is 4.04. The summed E-state index contributed by atoms with van der Waals surface area (Å²) in [6, 6.07) is 0.442. The van der Waals surface area contributed by atoms with Gasteiger partial charge in [-0.05, 0) is 32.7 Å². The van der Waals surface area contributed by atoms with Crippen molar-refractivity contribution in [2.75, 3.05) is 24.6 Å². The van der Waals surface area contributed by atoms with E-state index in [9.17, 15) is 5.11 Å². The summed E-state index contributed by atoms with van der Waals surface area (Å²) in [5.74, 6) is 1.15. The molecule has 0 fully saturated rings. The third kappa shape index (κ3) is 4.45. The van der Waals surface area contributed by atoms with Crippen molar-refractivity contribution in [1.29, 1.82) is 0 Å². The molecular weight excluding hydrogens is 264 g/mol. The number of aryl methyl sites for hydroxylation is 2. The minimum Gasteiger partial charge on any atom is -0.395 e. The van der Waals surface area contributed by atoms with Gasteiger partial charge in [-0.3, -0.25) is 4.68 Å². The number of hydrogen-bond acceptors (Lipinski definition) is 4. The fourth-order valence-corrected chi connectivity index (χ4v) is 2.94. The molecule has 0 amide bonds. The number of aromatic nitrogens is 2. The van der Waals surface area contributed by atoms with Gasteiger partial charge in [0.1, 0.15) is 5.82 Å². The van der Waals surface area contributed by atoms with Crippen molar-refractivity contribution in [3.63, 3.8) is 0 Å². The second-order valence-electron chi connectivity index (χ2n) is 5.58. The Kier molecular flexibility index (Phi) is 7.75. The molecule has 0 unspecified atom stereocenters. The van der Waals surface area contributed by atoms with Crippen LogP contribution >= 0.6 is 0 Å². The monoisotopic (exact) mass is 296 g/mol. The van der Waals surface area contributed by atoms with Gasteiger partial charge in [0.15, 0.2) is 0 Å². The lowest BCUT2D eigenvalue weighted by Crippen LogP contribution is -2.39. The predicted molar refractivity (Wildman–Crippen MR) is 88.7 cm³/mol. The number of rotatable bonds is 10. The lowest BCUT2D eigenvalue weighted by atomic mass is 10.1. The smallest absolute Gasteiger partial charge is 0.131 e. The summed E-state index contributed by atoms with van der Waals surface area (Å²) in [5, 5.41) is 17.5. The highest BCUT2D eigenvalue weighted by Gasteiger charge is 2.23. The highest BCUT2D eigenvalue weighted by Crippen LogP contribution is 2.26. The molecule has 21 heavy (non-hydrogen) atoms. The Bertz CT molecular complexity index is 413. The highest BCUT2D eigenvalue weighted by atomic mass is 16.3. The van der Waals surface area contributed by atoms with Crippen LogP contribution in [0.25, 0.3) is 0 Å². The van der Waals surface area contributed by atoms with Crippen LogP contribution in [0.5, 0.6) is 0 Å². The number of hydrogen-bond donors (Lipinski definition) is 2. The van der Waals surface area contributed by atoms with Crippen molar-refractivity contribution in [2.24, 2.45) is 7.05 Å². The summed E-state index contributed by atoms with van der Waals surface area (Å²) in [6.45, 7) is 11.3. The molecule has 0 aliphatic carbocycles. The van der Waals surface area contributed by atoms with Crippen molar-refractivity contribution in [3.05, 3.63) is 11.3 Å². The average Bonchev–Trinajstić information content (AvgIpc) is 2.74. The Morgan fingerprint density at radius 2 is 1.95 bits per heavy atom. The van der Waals surface area contributed by atoms with E-state index in [1.807, 2.05) is 11.7 Å². The van der Waals surface area contributed by atoms with Gasteiger partial charge in [-0.1, -0.05) is 20.8 Å². The molecule has 1 aromatic rings. The topological polar surface area (TPSA) is 53.3 Å². The molecule has 0 aliphatic rings. The van der Waals surface area contributed by atoms with Crippen LogP contribution in [0.4, 0.5) is 5.82 Å². The third-order valence-corrected chi connectivity index (χ3v) is 4.04. The van der Waals surface area contributed by atoms with Crippen LogP contribution in [0, 0.1) is 6.92 Å². The SMILES string of the molecule is CCCNCc1c(C)nn(C)c1N(CCO)C(CC)CC. The summed E-state index contributed by atoms with van der Waals surface area (Å²) in [6.07, 6.45) is 3.27. The van der Waals surface area contributed by atoms with Gasteiger partial charge in [0, 0.05) is 31.7 Å². The molecular formula is C16H32N4O. The van der Waals surface area contributed by atoms with Crippen molar-refractivity contribution in [1.82, 2.24) is 15.1 Å². The van der Waals surface area contributed by atoms with Gasteiger partial charge < -0.3 is 15.3 Å². The van der Waals surface area contributed by atoms with Crippen LogP contribution in [-0.4, -0.2) is 40.6 Å². The minimum atomic E-state index is 0.169. The first-order valence-electron chi connectivity index (χ1n) is 8.21. The number of aliphatic hydroxyl groups excluding tert-OH is 1. The van der Waals surface area contributed by atoms with Gasteiger partial charge in [-0.2, -0.15) is 5.10 Å². The van der Waals surface area contributed by atoms with Crippen LogP contribution in [0.1, 0.15) is 51.3 Å². The van der Waals surface area contributed by atoms with Crippen LogP contribution in [0.3, 0.4) is 0 Å². The van der Waals surface area contributed by atoms with Gasteiger partial charge in [0.05, 0.1) is 12.3 Å². The maximum atomic E-state index is 9.45. The summed E-state index contributed by atoms with van der Waals surface area (Å²) in [4.78, 5) is 2.32. The largest absolute Gasteiger partial charge is 0.395 e. The zero-order chi connectivity index (χ0) is 15.8. The number of anilines is 1. The second kappa shape index (κ2) is 9.05. The van der Waals surface area contributed by atoms with E-state index >= 15 is 0 Å². The van der Waals surface area contributed by atoms with Gasteiger partial charge in [-0.15, -0.1) is 0 Å². The van der Waals surface area contributed by atoms with E-state index in [0.717, 1.165) is 43.9 Å². The van der Waals surface area contributed by atoms with E-state index < -0.39 is 0 Å². The predicted octanol–water partition coefficient (Wildman–Crippen LogP) is 2.22. The van der Waals surface area contributed by atoms with Gasteiger partial charge in [-0.25, -0.2) is 0 Å². The Morgan fingerprint density at radius 1 is 1.29 bits per heavy atom. The lowest BCUT2D eigenvalue weighted by molar-refractivity contribution is 0.294. The fraction of sp³-hybridized carbons (Fsp3) is 0.812. The quantitative estimate of drug-likeness (QED) is 0.650. The number of nitrogens with one attached hydrogen (secondary N) is 1. The summed E-state index contributed by atoms with van der Waals surface area (Å²) < 4.78 is 1.96. The molecule has 0 saturated heterocycles. The number of aliphatic hydroxyl groups is 1. The molecule has 0 aromatic carbocycles. The molecule has 122 valence electrons. The first-order valence-corrected chi connectivity index (χ1v) is 8.21. The van der Waals surface area contributed by atoms with Crippen molar-refractivity contribution in [3.8, 4) is 0 Å². The van der Waals surface area contributed by atoms with Gasteiger partial charge >= 0.3 is 0 Å². The Labute approximate surface area is 129 Å². The first kappa shape index (κ1) is 18.0. The Morgan fingerprint density at radius 3 is 2.48 bits per heavy atom. The molecule has 0 spiro atoms. The van der Waals surface area contributed by atoms with E-state index in [1.165, 1.54) is 5.56 Å². The van der Waals surface area contributed by atoms with Crippen molar-refractivity contribution < 1.29 is 5.11 Å². The number of nitrogens with zero attached hydrogens (tertiary/aromatic N) is 3. The zero-order valence-electron chi connectivity index (χ0n) is 14.3. The normalized spacial score (nSPS) is 11.4. The molecule has 0 saturated carbocycles. The summed E-state index contributed by atoms with van der Waals surface area (Å²) in [7, 11) is 2.00. The van der Waals surface area contributed by atoms with Crippen LogP contribution < -0.4 is 10.2 Å². The molecule has 0 aliphatic heterocycles. The molecule has 5 nitrogen and oxygen atoms in total. The molecule has 2 N–H and O–H groups in total. The molecule has 0 radical (unpaired) electrons. The minimum absolute atomic E-state index is 0.169.